The highest BCUT2D eigenvalue weighted by Crippen LogP contribution is 2.23. The van der Waals surface area contributed by atoms with E-state index in [0.717, 1.165) is 17.6 Å². The van der Waals surface area contributed by atoms with Crippen molar-refractivity contribution >= 4 is 13.6 Å². The molecule has 0 fully saturated rings. The summed E-state index contributed by atoms with van der Waals surface area (Å²) in [4.78, 5) is 0. The van der Waals surface area contributed by atoms with Crippen LogP contribution in [0.2, 0.25) is 19.6 Å². The molecular formula is C14H22OSi. The third kappa shape index (κ3) is 3.95. The molecule has 16 heavy (non-hydrogen) atoms. The highest BCUT2D eigenvalue weighted by Gasteiger charge is 2.16. The summed E-state index contributed by atoms with van der Waals surface area (Å²) in [5, 5.41) is 10.1. The molecule has 2 heteroatoms. The number of benzene rings is 1. The molecule has 1 aromatic rings. The van der Waals surface area contributed by atoms with Gasteiger partial charge < -0.3 is 5.11 Å². The van der Waals surface area contributed by atoms with Gasteiger partial charge in [0.15, 0.2) is 0 Å². The topological polar surface area (TPSA) is 20.2 Å². The molecule has 0 radical (unpaired) electrons. The summed E-state index contributed by atoms with van der Waals surface area (Å²) in [7, 11) is -1.30. The largest absolute Gasteiger partial charge is 0.388 e. The Morgan fingerprint density at radius 3 is 2.25 bits per heavy atom. The van der Waals surface area contributed by atoms with Crippen LogP contribution in [0.3, 0.4) is 0 Å². The minimum absolute atomic E-state index is 0.339. The van der Waals surface area contributed by atoms with Gasteiger partial charge in [-0.3, -0.25) is 0 Å². The van der Waals surface area contributed by atoms with Crippen molar-refractivity contribution in [2.45, 2.75) is 39.1 Å². The lowest BCUT2D eigenvalue weighted by Crippen LogP contribution is -2.20. The molecule has 0 heterocycles. The van der Waals surface area contributed by atoms with E-state index in [2.05, 4.69) is 37.5 Å². The fraction of sp³-hybridized carbons (Fsp3) is 0.429. The van der Waals surface area contributed by atoms with Gasteiger partial charge in [-0.1, -0.05) is 62.6 Å². The zero-order valence-corrected chi connectivity index (χ0v) is 11.7. The maximum absolute atomic E-state index is 10.1. The van der Waals surface area contributed by atoms with E-state index >= 15 is 0 Å². The van der Waals surface area contributed by atoms with Crippen molar-refractivity contribution in [3.05, 3.63) is 41.6 Å². The lowest BCUT2D eigenvalue weighted by molar-refractivity contribution is 0.228. The van der Waals surface area contributed by atoms with Crippen LogP contribution >= 0.6 is 0 Å². The first-order valence-corrected chi connectivity index (χ1v) is 9.48. The first-order chi connectivity index (χ1) is 7.44. The highest BCUT2D eigenvalue weighted by molar-refractivity contribution is 6.81. The molecule has 1 unspecified atom stereocenters. The molecule has 88 valence electrons. The smallest absolute Gasteiger partial charge is 0.0786 e. The Morgan fingerprint density at radius 1 is 1.25 bits per heavy atom. The van der Waals surface area contributed by atoms with Crippen LogP contribution in [0.15, 0.2) is 36.0 Å². The summed E-state index contributed by atoms with van der Waals surface area (Å²) in [6.07, 6.45) is 0.430. The molecular weight excluding hydrogens is 212 g/mol. The van der Waals surface area contributed by atoms with E-state index in [1.807, 2.05) is 25.1 Å². The molecule has 0 saturated carbocycles. The van der Waals surface area contributed by atoms with E-state index in [0.29, 0.717) is 0 Å². The van der Waals surface area contributed by atoms with Gasteiger partial charge in [-0.2, -0.15) is 0 Å². The fourth-order valence-electron chi connectivity index (χ4n) is 1.69. The van der Waals surface area contributed by atoms with Crippen molar-refractivity contribution in [3.63, 3.8) is 0 Å². The minimum Gasteiger partial charge on any atom is -0.388 e. The van der Waals surface area contributed by atoms with Gasteiger partial charge >= 0.3 is 0 Å². The monoisotopic (exact) mass is 234 g/mol. The molecule has 0 aliphatic rings. The first kappa shape index (κ1) is 13.2. The maximum atomic E-state index is 10.1. The zero-order chi connectivity index (χ0) is 12.2. The minimum atomic E-state index is -1.30. The van der Waals surface area contributed by atoms with Crippen LogP contribution in [0.4, 0.5) is 0 Å². The molecule has 1 N–H and O–H groups in total. The Kier molecular flexibility index (Phi) is 4.51. The van der Waals surface area contributed by atoms with Crippen LogP contribution < -0.4 is 0 Å². The molecule has 0 amide bonds. The Bertz CT molecular complexity index is 349. The second-order valence-corrected chi connectivity index (χ2v) is 10.3. The molecule has 1 rings (SSSR count). The molecule has 0 saturated heterocycles. The zero-order valence-electron chi connectivity index (χ0n) is 10.7. The second-order valence-electron chi connectivity index (χ2n) is 5.26. The summed E-state index contributed by atoms with van der Waals surface area (Å²) in [5.41, 5.74) is 4.55. The van der Waals surface area contributed by atoms with Crippen molar-refractivity contribution in [1.82, 2.24) is 0 Å². The number of aliphatic hydroxyl groups excluding tert-OH is 1. The average molecular weight is 234 g/mol. The van der Waals surface area contributed by atoms with Gasteiger partial charge in [-0.05, 0) is 17.6 Å². The van der Waals surface area contributed by atoms with E-state index in [4.69, 9.17) is 0 Å². The third-order valence-corrected chi connectivity index (χ3v) is 3.62. The average Bonchev–Trinajstić information content (AvgIpc) is 2.25. The molecule has 1 nitrogen and oxygen atoms in total. The van der Waals surface area contributed by atoms with Gasteiger partial charge in [-0.15, -0.1) is 0 Å². The fourth-order valence-corrected chi connectivity index (χ4v) is 2.98. The van der Waals surface area contributed by atoms with Gasteiger partial charge in [0.2, 0.25) is 0 Å². The second kappa shape index (κ2) is 5.46. The lowest BCUT2D eigenvalue weighted by atomic mass is 10.0. The van der Waals surface area contributed by atoms with Gasteiger partial charge in [-0.25, -0.2) is 0 Å². The van der Waals surface area contributed by atoms with Gasteiger partial charge in [0.05, 0.1) is 14.2 Å². The molecule has 1 aromatic carbocycles. The highest BCUT2D eigenvalue weighted by atomic mass is 28.3. The molecule has 0 spiro atoms. The van der Waals surface area contributed by atoms with Crippen LogP contribution in [0, 0.1) is 0 Å². The van der Waals surface area contributed by atoms with Crippen LogP contribution in [-0.2, 0) is 0 Å². The van der Waals surface area contributed by atoms with Crippen LogP contribution in [0.1, 0.15) is 18.9 Å². The van der Waals surface area contributed by atoms with Gasteiger partial charge in [0.1, 0.15) is 0 Å². The van der Waals surface area contributed by atoms with Crippen LogP contribution in [0.25, 0.3) is 5.57 Å². The number of aliphatic hydroxyl groups is 1. The number of rotatable bonds is 4. The summed E-state index contributed by atoms with van der Waals surface area (Å²) in [6, 6.07) is 10.2. The molecule has 1 atom stereocenters. The van der Waals surface area contributed by atoms with Crippen LogP contribution in [0.5, 0.6) is 0 Å². The molecule has 0 aliphatic carbocycles. The molecule has 0 aromatic heterocycles. The molecule has 0 aliphatic heterocycles. The number of hydrogen-bond donors (Lipinski definition) is 1. The Labute approximate surface area is 99.8 Å². The van der Waals surface area contributed by atoms with Crippen molar-refractivity contribution in [2.75, 3.05) is 0 Å². The third-order valence-electron chi connectivity index (χ3n) is 2.44. The summed E-state index contributed by atoms with van der Waals surface area (Å²) in [5.74, 6) is 0. The quantitative estimate of drug-likeness (QED) is 0.787. The van der Waals surface area contributed by atoms with E-state index in [-0.39, 0.29) is 6.10 Å². The maximum Gasteiger partial charge on any atom is 0.0786 e. The lowest BCUT2D eigenvalue weighted by Gasteiger charge is -2.19. The van der Waals surface area contributed by atoms with E-state index in [9.17, 15) is 5.11 Å². The Morgan fingerprint density at radius 2 is 1.81 bits per heavy atom. The SMILES string of the molecule is CCC(O)/C(=C/[Si](C)(C)C)c1ccccc1. The standard InChI is InChI=1S/C14H22OSi/c1-5-14(15)13(11-16(2,3)4)12-9-7-6-8-10-12/h6-11,14-15H,5H2,1-4H3/b13-11+. The van der Waals surface area contributed by atoms with Gasteiger partial charge in [0, 0.05) is 0 Å². The Hall–Kier alpha value is -0.863. The normalized spacial score (nSPS) is 14.9. The van der Waals surface area contributed by atoms with Crippen molar-refractivity contribution < 1.29 is 5.11 Å². The summed E-state index contributed by atoms with van der Waals surface area (Å²) in [6.45, 7) is 8.89. The van der Waals surface area contributed by atoms with Crippen molar-refractivity contribution in [2.24, 2.45) is 0 Å². The molecule has 0 bridgehead atoms. The van der Waals surface area contributed by atoms with E-state index in [1.165, 1.54) is 0 Å². The van der Waals surface area contributed by atoms with E-state index < -0.39 is 8.07 Å². The van der Waals surface area contributed by atoms with Crippen molar-refractivity contribution in [1.29, 1.82) is 0 Å². The number of hydrogen-bond acceptors (Lipinski definition) is 1. The van der Waals surface area contributed by atoms with E-state index in [1.54, 1.807) is 0 Å². The predicted molar refractivity (Wildman–Crippen MR) is 74.1 cm³/mol. The Balaban J connectivity index is 3.12. The summed E-state index contributed by atoms with van der Waals surface area (Å²) < 4.78 is 0. The van der Waals surface area contributed by atoms with Gasteiger partial charge in [0.25, 0.3) is 0 Å². The summed E-state index contributed by atoms with van der Waals surface area (Å²) >= 11 is 0. The van der Waals surface area contributed by atoms with Crippen LogP contribution in [-0.4, -0.2) is 19.3 Å². The first-order valence-electron chi connectivity index (χ1n) is 5.90. The predicted octanol–water partition coefficient (Wildman–Crippen LogP) is 3.72. The van der Waals surface area contributed by atoms with Crippen molar-refractivity contribution in [3.8, 4) is 0 Å².